The number of carbonyl (C=O) groups is 1. The van der Waals surface area contributed by atoms with Gasteiger partial charge in [-0.1, -0.05) is 0 Å². The molecule has 0 fully saturated rings. The number of hydrogen-bond acceptors (Lipinski definition) is 4. The highest BCUT2D eigenvalue weighted by molar-refractivity contribution is 5.73. The zero-order valence-corrected chi connectivity index (χ0v) is 5.28. The van der Waals surface area contributed by atoms with Gasteiger partial charge in [-0.05, 0) is 6.58 Å². The summed E-state index contributed by atoms with van der Waals surface area (Å²) < 4.78 is 0. The Morgan fingerprint density at radius 1 is 1.80 bits per heavy atom. The van der Waals surface area contributed by atoms with Gasteiger partial charge in [-0.15, -0.1) is 0 Å². The molecule has 0 heterocycles. The fraction of sp³-hybridized carbons (Fsp3) is 0.400. The molecule has 0 saturated carbocycles. The molecule has 0 aliphatic heterocycles. The first-order chi connectivity index (χ1) is 4.59. The average Bonchev–Trinajstić information content (AvgIpc) is 1.88. The maximum Gasteiger partial charge on any atom is 0.322 e. The van der Waals surface area contributed by atoms with Gasteiger partial charge in [-0.3, -0.25) is 4.79 Å². The number of aliphatic carboxylic acids is 1. The molecule has 5 heteroatoms. The fourth-order valence-corrected chi connectivity index (χ4v) is 0.0781. The molecule has 0 aromatic carbocycles. The number of rotatable bonds is 2. The van der Waals surface area contributed by atoms with Crippen molar-refractivity contribution in [3.63, 3.8) is 0 Å². The lowest BCUT2D eigenvalue weighted by atomic mass is 10.3. The Labute approximate surface area is 57.8 Å². The highest BCUT2D eigenvalue weighted by Gasteiger charge is 2.06. The van der Waals surface area contributed by atoms with E-state index in [0.717, 1.165) is 0 Å². The lowest BCUT2D eigenvalue weighted by Gasteiger charge is -1.96. The van der Waals surface area contributed by atoms with Crippen molar-refractivity contribution in [3.8, 4) is 0 Å². The topological polar surface area (TPSA) is 101 Å². The average molecular weight is 147 g/mol. The molecule has 0 rings (SSSR count). The predicted molar refractivity (Wildman–Crippen MR) is 34.0 cm³/mol. The Morgan fingerprint density at radius 3 is 2.10 bits per heavy atom. The molecule has 0 radical (unpaired) electrons. The Hall–Kier alpha value is -1.16. The van der Waals surface area contributed by atoms with E-state index in [4.69, 9.17) is 20.7 Å². The lowest BCUT2D eigenvalue weighted by molar-refractivity contribution is -0.139. The van der Waals surface area contributed by atoms with Crippen LogP contribution in [0.2, 0.25) is 0 Å². The molecule has 5 nitrogen and oxygen atoms in total. The van der Waals surface area contributed by atoms with Crippen molar-refractivity contribution in [1.82, 2.24) is 0 Å². The van der Waals surface area contributed by atoms with Gasteiger partial charge in [0, 0.05) is 0 Å². The van der Waals surface area contributed by atoms with Crippen molar-refractivity contribution in [2.45, 2.75) is 6.04 Å². The number of aliphatic hydroxyl groups is 1. The molecule has 0 spiro atoms. The minimum atomic E-state index is -1.18. The summed E-state index contributed by atoms with van der Waals surface area (Å²) in [6.07, 6.45) is 0. The molecule has 0 aromatic heterocycles. The molecule has 4 N–H and O–H groups in total. The van der Waals surface area contributed by atoms with E-state index in [9.17, 15) is 4.79 Å². The van der Waals surface area contributed by atoms with Crippen LogP contribution in [0.3, 0.4) is 0 Å². The Morgan fingerprint density at radius 2 is 2.10 bits per heavy atom. The minimum Gasteiger partial charge on any atom is -0.480 e. The molecule has 0 aliphatic carbocycles. The van der Waals surface area contributed by atoms with Crippen LogP contribution in [0.15, 0.2) is 6.58 Å². The zero-order valence-electron chi connectivity index (χ0n) is 5.28. The smallest absolute Gasteiger partial charge is 0.322 e. The second kappa shape index (κ2) is 7.84. The van der Waals surface area contributed by atoms with Crippen LogP contribution >= 0.6 is 0 Å². The van der Waals surface area contributed by atoms with E-state index in [1.807, 2.05) is 0 Å². The van der Waals surface area contributed by atoms with Gasteiger partial charge in [-0.2, -0.15) is 0 Å². The molecular weight excluding hydrogens is 138 g/mol. The highest BCUT2D eigenvalue weighted by Crippen LogP contribution is 1.71. The summed E-state index contributed by atoms with van der Waals surface area (Å²) in [4.78, 5) is 18.2. The summed E-state index contributed by atoms with van der Waals surface area (Å²) in [5.41, 5.74) is 4.77. The second-order valence-corrected chi connectivity index (χ2v) is 1.27. The Kier molecular flexibility index (Phi) is 9.11. The van der Waals surface area contributed by atoms with E-state index < -0.39 is 18.6 Å². The molecule has 0 aromatic rings. The number of carbonyl (C=O) groups excluding carboxylic acids is 1. The van der Waals surface area contributed by atoms with Gasteiger partial charge in [0.1, 0.15) is 12.0 Å². The molecule has 58 valence electrons. The third-order valence-corrected chi connectivity index (χ3v) is 0.514. The van der Waals surface area contributed by atoms with E-state index >= 15 is 0 Å². The van der Waals surface area contributed by atoms with Gasteiger partial charge in [0.05, 0.1) is 6.61 Å². The van der Waals surface area contributed by atoms with E-state index in [1.165, 1.54) is 5.94 Å². The normalized spacial score (nSPS) is 10.2. The molecule has 0 amide bonds. The van der Waals surface area contributed by atoms with Crippen molar-refractivity contribution in [1.29, 1.82) is 0 Å². The van der Waals surface area contributed by atoms with E-state index in [2.05, 4.69) is 6.58 Å². The third-order valence-electron chi connectivity index (χ3n) is 0.514. The number of carboxylic acids is 1. The van der Waals surface area contributed by atoms with E-state index in [1.54, 1.807) is 0 Å². The molecule has 0 aliphatic rings. The van der Waals surface area contributed by atoms with Crippen LogP contribution in [0, 0.1) is 0 Å². The standard InChI is InChI=1S/C3H7NO3.C2H2O/c4-2(1-5)3(6)7;1-2-3/h2,5H,1,4H2,(H,6,7);1H2. The Balaban J connectivity index is 0. The van der Waals surface area contributed by atoms with Crippen LogP contribution in [0.4, 0.5) is 0 Å². The minimum absolute atomic E-state index is 0.505. The largest absolute Gasteiger partial charge is 0.480 e. The first-order valence-corrected chi connectivity index (χ1v) is 2.33. The van der Waals surface area contributed by atoms with Crippen molar-refractivity contribution >= 4 is 11.9 Å². The molecule has 0 saturated heterocycles. The second-order valence-electron chi connectivity index (χ2n) is 1.27. The monoisotopic (exact) mass is 147 g/mol. The number of carboxylic acid groups (broad SMARTS) is 1. The predicted octanol–water partition coefficient (Wildman–Crippen LogP) is -1.61. The number of aliphatic hydroxyl groups excluding tert-OH is 1. The highest BCUT2D eigenvalue weighted by atomic mass is 16.4. The van der Waals surface area contributed by atoms with Crippen LogP contribution in [-0.4, -0.2) is 34.8 Å². The van der Waals surface area contributed by atoms with E-state index in [0.29, 0.717) is 0 Å². The lowest BCUT2D eigenvalue weighted by Crippen LogP contribution is -2.33. The van der Waals surface area contributed by atoms with Crippen LogP contribution in [0.25, 0.3) is 0 Å². The molecule has 1 atom stereocenters. The van der Waals surface area contributed by atoms with Crippen LogP contribution in [0.1, 0.15) is 0 Å². The van der Waals surface area contributed by atoms with Crippen LogP contribution < -0.4 is 5.73 Å². The third kappa shape index (κ3) is 9.96. The first-order valence-electron chi connectivity index (χ1n) is 2.33. The van der Waals surface area contributed by atoms with Gasteiger partial charge < -0.3 is 15.9 Å². The summed E-state index contributed by atoms with van der Waals surface area (Å²) >= 11 is 0. The molecule has 0 bridgehead atoms. The Bertz CT molecular complexity index is 128. The van der Waals surface area contributed by atoms with Gasteiger partial charge in [0.2, 0.25) is 0 Å². The maximum absolute atomic E-state index is 9.65. The van der Waals surface area contributed by atoms with Gasteiger partial charge in [0.25, 0.3) is 0 Å². The molecule has 10 heavy (non-hydrogen) atoms. The fourth-order valence-electron chi connectivity index (χ4n) is 0.0781. The first kappa shape index (κ1) is 11.6. The SMILES string of the molecule is C=C=O.NC(CO)C(=O)O. The quantitative estimate of drug-likeness (QED) is 0.408. The van der Waals surface area contributed by atoms with Crippen molar-refractivity contribution < 1.29 is 19.8 Å². The van der Waals surface area contributed by atoms with Gasteiger partial charge in [-0.25, -0.2) is 4.79 Å². The van der Waals surface area contributed by atoms with E-state index in [-0.39, 0.29) is 0 Å². The number of nitrogens with two attached hydrogens (primary N) is 1. The van der Waals surface area contributed by atoms with Crippen LogP contribution in [0.5, 0.6) is 0 Å². The van der Waals surface area contributed by atoms with Gasteiger partial charge >= 0.3 is 5.97 Å². The van der Waals surface area contributed by atoms with Gasteiger partial charge in [0.15, 0.2) is 0 Å². The summed E-state index contributed by atoms with van der Waals surface area (Å²) in [5, 5.41) is 15.9. The summed E-state index contributed by atoms with van der Waals surface area (Å²) in [7, 11) is 0. The zero-order chi connectivity index (χ0) is 8.57. The van der Waals surface area contributed by atoms with Crippen molar-refractivity contribution in [3.05, 3.63) is 6.58 Å². The van der Waals surface area contributed by atoms with Crippen molar-refractivity contribution in [2.75, 3.05) is 6.61 Å². The number of hydrogen-bond donors (Lipinski definition) is 3. The molecule has 1 unspecified atom stereocenters. The van der Waals surface area contributed by atoms with Crippen molar-refractivity contribution in [2.24, 2.45) is 5.73 Å². The maximum atomic E-state index is 9.65. The summed E-state index contributed by atoms with van der Waals surface area (Å²) in [6.45, 7) is 2.18. The molecular formula is C5H9NO4. The summed E-state index contributed by atoms with van der Waals surface area (Å²) in [6, 6.07) is -1.13. The summed E-state index contributed by atoms with van der Waals surface area (Å²) in [5.74, 6) is 0.0718. The van der Waals surface area contributed by atoms with Crippen LogP contribution in [-0.2, 0) is 9.59 Å².